The van der Waals surface area contributed by atoms with Crippen LogP contribution < -0.4 is 10.6 Å². The molecule has 0 bridgehead atoms. The molecule has 2 heterocycles. The number of carbonyl (C=O) groups excluding carboxylic acids is 3. The first kappa shape index (κ1) is 29.3. The van der Waals surface area contributed by atoms with Crippen molar-refractivity contribution in [3.05, 3.63) is 46.7 Å². The largest absolute Gasteiger partial charge is 0.463 e. The van der Waals surface area contributed by atoms with Crippen molar-refractivity contribution in [3.63, 3.8) is 0 Å². The van der Waals surface area contributed by atoms with Crippen LogP contribution in [0.25, 0.3) is 0 Å². The lowest BCUT2D eigenvalue weighted by molar-refractivity contribution is -0.139. The second-order valence-corrected chi connectivity index (χ2v) is 9.71. The highest BCUT2D eigenvalue weighted by Gasteiger charge is 2.40. The van der Waals surface area contributed by atoms with Crippen LogP contribution in [-0.2, 0) is 15.7 Å². The van der Waals surface area contributed by atoms with Crippen molar-refractivity contribution in [2.24, 2.45) is 0 Å². The van der Waals surface area contributed by atoms with Gasteiger partial charge in [0, 0.05) is 50.5 Å². The summed E-state index contributed by atoms with van der Waals surface area (Å²) in [5.41, 5.74) is 0.132. The van der Waals surface area contributed by atoms with Crippen molar-refractivity contribution in [1.82, 2.24) is 25.3 Å². The zero-order valence-corrected chi connectivity index (χ0v) is 22.4. The Morgan fingerprint density at radius 2 is 1.82 bits per heavy atom. The molecule has 1 aromatic rings. The SMILES string of the molecule is CCOC(=O)C1=C(CN2CCN(C(=O)NC(C)C)[C@@H](C)C2)N(CC)C(=O)N[C@@H]1c1ccc(C(F)(F)F)cc1. The van der Waals surface area contributed by atoms with E-state index in [1.165, 1.54) is 17.0 Å². The van der Waals surface area contributed by atoms with Gasteiger partial charge in [-0.05, 0) is 52.3 Å². The van der Waals surface area contributed by atoms with Gasteiger partial charge in [0.2, 0.25) is 0 Å². The van der Waals surface area contributed by atoms with E-state index in [-0.39, 0.29) is 43.4 Å². The number of nitrogens with one attached hydrogen (secondary N) is 2. The van der Waals surface area contributed by atoms with E-state index in [0.29, 0.717) is 30.9 Å². The van der Waals surface area contributed by atoms with Gasteiger partial charge in [-0.25, -0.2) is 14.4 Å². The van der Waals surface area contributed by atoms with E-state index in [1.807, 2.05) is 20.8 Å². The minimum atomic E-state index is -4.51. The van der Waals surface area contributed by atoms with Gasteiger partial charge in [0.1, 0.15) is 0 Å². The first-order valence-corrected chi connectivity index (χ1v) is 12.8. The number of alkyl halides is 3. The van der Waals surface area contributed by atoms with Gasteiger partial charge >= 0.3 is 24.2 Å². The fraction of sp³-hybridized carbons (Fsp3) is 0.577. The summed E-state index contributed by atoms with van der Waals surface area (Å²) >= 11 is 0. The monoisotopic (exact) mass is 539 g/mol. The van der Waals surface area contributed by atoms with Crippen LogP contribution in [0.1, 0.15) is 51.8 Å². The normalized spacial score (nSPS) is 21.0. The Bertz CT molecular complexity index is 1060. The lowest BCUT2D eigenvalue weighted by Crippen LogP contribution is -2.58. The Kier molecular flexibility index (Phi) is 9.29. The zero-order valence-electron chi connectivity index (χ0n) is 22.4. The zero-order chi connectivity index (χ0) is 28.2. The molecule has 0 unspecified atom stereocenters. The van der Waals surface area contributed by atoms with Crippen LogP contribution in [0.2, 0.25) is 0 Å². The number of urea groups is 2. The number of hydrogen-bond donors (Lipinski definition) is 2. The van der Waals surface area contributed by atoms with Gasteiger partial charge in [-0.3, -0.25) is 9.80 Å². The van der Waals surface area contributed by atoms with Gasteiger partial charge in [-0.15, -0.1) is 0 Å². The molecule has 1 fully saturated rings. The molecule has 2 N–H and O–H groups in total. The van der Waals surface area contributed by atoms with E-state index in [4.69, 9.17) is 4.74 Å². The van der Waals surface area contributed by atoms with Crippen molar-refractivity contribution in [2.45, 2.75) is 58.9 Å². The van der Waals surface area contributed by atoms with E-state index >= 15 is 0 Å². The lowest BCUT2D eigenvalue weighted by Gasteiger charge is -2.43. The molecular weight excluding hydrogens is 503 g/mol. The third kappa shape index (κ3) is 6.58. The summed E-state index contributed by atoms with van der Waals surface area (Å²) in [6, 6.07) is 2.70. The van der Waals surface area contributed by atoms with Crippen molar-refractivity contribution in [2.75, 3.05) is 39.3 Å². The van der Waals surface area contributed by atoms with Crippen LogP contribution >= 0.6 is 0 Å². The van der Waals surface area contributed by atoms with E-state index in [9.17, 15) is 27.6 Å². The molecular formula is C26H36F3N5O4. The molecule has 0 aliphatic carbocycles. The Morgan fingerprint density at radius 3 is 2.34 bits per heavy atom. The molecule has 0 saturated carbocycles. The Labute approximate surface area is 221 Å². The molecule has 2 aliphatic heterocycles. The van der Waals surface area contributed by atoms with Crippen molar-refractivity contribution >= 4 is 18.0 Å². The number of hydrogen-bond acceptors (Lipinski definition) is 5. The maximum Gasteiger partial charge on any atom is 0.416 e. The summed E-state index contributed by atoms with van der Waals surface area (Å²) in [5, 5.41) is 5.67. The van der Waals surface area contributed by atoms with Crippen LogP contribution in [-0.4, -0.2) is 84.1 Å². The molecule has 1 aromatic carbocycles. The first-order chi connectivity index (χ1) is 17.9. The highest BCUT2D eigenvalue weighted by Crippen LogP contribution is 2.35. The summed E-state index contributed by atoms with van der Waals surface area (Å²) in [5.74, 6) is -0.645. The van der Waals surface area contributed by atoms with Crippen LogP contribution in [0.4, 0.5) is 22.8 Å². The molecule has 0 aromatic heterocycles. The Morgan fingerprint density at radius 1 is 1.16 bits per heavy atom. The average molecular weight is 540 g/mol. The van der Waals surface area contributed by atoms with Gasteiger partial charge in [0.15, 0.2) is 0 Å². The molecule has 210 valence electrons. The van der Waals surface area contributed by atoms with E-state index in [2.05, 4.69) is 15.5 Å². The number of carbonyl (C=O) groups is 3. The summed E-state index contributed by atoms with van der Waals surface area (Å²) < 4.78 is 44.7. The number of esters is 1. The van der Waals surface area contributed by atoms with Crippen LogP contribution in [0.15, 0.2) is 35.5 Å². The number of piperazine rings is 1. The molecule has 2 aliphatic rings. The smallest absolute Gasteiger partial charge is 0.416 e. The number of rotatable bonds is 7. The quantitative estimate of drug-likeness (QED) is 0.515. The third-order valence-electron chi connectivity index (χ3n) is 6.58. The fourth-order valence-corrected chi connectivity index (χ4v) is 4.79. The van der Waals surface area contributed by atoms with Gasteiger partial charge in [-0.2, -0.15) is 13.2 Å². The highest BCUT2D eigenvalue weighted by molar-refractivity contribution is 5.95. The molecule has 1 saturated heterocycles. The van der Waals surface area contributed by atoms with Crippen molar-refractivity contribution in [3.8, 4) is 0 Å². The molecule has 0 spiro atoms. The van der Waals surface area contributed by atoms with E-state index in [1.54, 1.807) is 18.7 Å². The fourth-order valence-electron chi connectivity index (χ4n) is 4.79. The predicted molar refractivity (Wildman–Crippen MR) is 135 cm³/mol. The van der Waals surface area contributed by atoms with Crippen LogP contribution in [0.3, 0.4) is 0 Å². The maximum absolute atomic E-state index is 13.2. The van der Waals surface area contributed by atoms with Crippen LogP contribution in [0.5, 0.6) is 0 Å². The molecule has 38 heavy (non-hydrogen) atoms. The van der Waals surface area contributed by atoms with Gasteiger partial charge in [0.25, 0.3) is 0 Å². The predicted octanol–water partition coefficient (Wildman–Crippen LogP) is 3.73. The highest BCUT2D eigenvalue weighted by atomic mass is 19.4. The molecule has 12 heteroatoms. The molecule has 4 amide bonds. The molecule has 3 rings (SSSR count). The van der Waals surface area contributed by atoms with E-state index < -0.39 is 29.8 Å². The summed E-state index contributed by atoms with van der Waals surface area (Å²) in [4.78, 5) is 44.1. The Balaban J connectivity index is 1.96. The summed E-state index contributed by atoms with van der Waals surface area (Å²) in [6.07, 6.45) is -4.51. The number of likely N-dealkylation sites (N-methyl/N-ethyl adjacent to an activating group) is 1. The average Bonchev–Trinajstić information content (AvgIpc) is 2.83. The van der Waals surface area contributed by atoms with Crippen LogP contribution in [0, 0.1) is 0 Å². The standard InChI is InChI=1S/C26H36F3N5O4/c1-6-33-20(15-32-12-13-34(17(5)14-32)24(36)30-16(3)4)21(23(35)38-7-2)22(31-25(33)37)18-8-10-19(11-9-18)26(27,28)29/h8-11,16-17,22H,6-7,12-15H2,1-5H3,(H,30,36)(H,31,37)/t17-,22+/m0/s1. The lowest BCUT2D eigenvalue weighted by atomic mass is 9.93. The number of halogens is 3. The first-order valence-electron chi connectivity index (χ1n) is 12.8. The number of amides is 4. The van der Waals surface area contributed by atoms with Crippen molar-refractivity contribution < 1.29 is 32.3 Å². The third-order valence-corrected chi connectivity index (χ3v) is 6.58. The summed E-state index contributed by atoms with van der Waals surface area (Å²) in [6.45, 7) is 11.2. The van der Waals surface area contributed by atoms with Crippen molar-refractivity contribution in [1.29, 1.82) is 0 Å². The second kappa shape index (κ2) is 12.1. The number of benzene rings is 1. The second-order valence-electron chi connectivity index (χ2n) is 9.71. The number of nitrogens with zero attached hydrogens (tertiary/aromatic N) is 3. The Hall–Kier alpha value is -3.28. The van der Waals surface area contributed by atoms with Gasteiger partial charge < -0.3 is 20.3 Å². The minimum Gasteiger partial charge on any atom is -0.463 e. The summed E-state index contributed by atoms with van der Waals surface area (Å²) in [7, 11) is 0. The van der Waals surface area contributed by atoms with E-state index in [0.717, 1.165) is 12.1 Å². The molecule has 9 nitrogen and oxygen atoms in total. The van der Waals surface area contributed by atoms with Gasteiger partial charge in [0.05, 0.1) is 23.8 Å². The molecule has 0 radical (unpaired) electrons. The number of ether oxygens (including phenoxy) is 1. The topological polar surface area (TPSA) is 94.2 Å². The maximum atomic E-state index is 13.2. The van der Waals surface area contributed by atoms with Gasteiger partial charge in [-0.1, -0.05) is 12.1 Å². The molecule has 2 atom stereocenters. The minimum absolute atomic E-state index is 0.00557.